The van der Waals surface area contributed by atoms with Crippen LogP contribution in [-0.4, -0.2) is 35.2 Å². The molecule has 0 aliphatic carbocycles. The van der Waals surface area contributed by atoms with Crippen molar-refractivity contribution in [2.24, 2.45) is 0 Å². The van der Waals surface area contributed by atoms with Gasteiger partial charge in [0.2, 0.25) is 0 Å². The number of carbonyl (C=O) groups excluding carboxylic acids is 3. The number of hydrogen-bond donors (Lipinski definition) is 0. The van der Waals surface area contributed by atoms with Crippen LogP contribution in [0.4, 0.5) is 4.79 Å². The van der Waals surface area contributed by atoms with Gasteiger partial charge in [0.25, 0.3) is 11.1 Å². The summed E-state index contributed by atoms with van der Waals surface area (Å²) < 4.78 is 10.8. The van der Waals surface area contributed by atoms with Crippen molar-refractivity contribution in [3.8, 4) is 5.75 Å². The molecule has 1 saturated heterocycles. The Hall–Kier alpha value is -3.29. The highest BCUT2D eigenvalue weighted by atomic mass is 35.5. The van der Waals surface area contributed by atoms with Crippen molar-refractivity contribution >= 4 is 57.3 Å². The van der Waals surface area contributed by atoms with Gasteiger partial charge in [0.1, 0.15) is 18.4 Å². The normalized spacial score (nSPS) is 15.8. The maximum absolute atomic E-state index is 13.0. The molecule has 0 N–H and O–H groups in total. The Balaban J connectivity index is 1.71. The van der Waals surface area contributed by atoms with E-state index < -0.39 is 23.2 Å². The largest absolute Gasteiger partial charge is 0.488 e. The predicted molar refractivity (Wildman–Crippen MR) is 129 cm³/mol. The summed E-state index contributed by atoms with van der Waals surface area (Å²) in [6.07, 6.45) is 1.65. The SMILES string of the molecule is COC(=O)[C@H](C)N1C(=O)S/C(=C/c2c(OCc3ccc(Cl)cc3)ccc3ccccc23)C1=O. The second-order valence-electron chi connectivity index (χ2n) is 7.36. The molecule has 0 bridgehead atoms. The smallest absolute Gasteiger partial charge is 0.328 e. The van der Waals surface area contributed by atoms with E-state index in [1.54, 1.807) is 18.2 Å². The van der Waals surface area contributed by atoms with Crippen LogP contribution in [0.1, 0.15) is 18.1 Å². The minimum absolute atomic E-state index is 0.212. The summed E-state index contributed by atoms with van der Waals surface area (Å²) in [5, 5.41) is 1.96. The molecule has 0 radical (unpaired) electrons. The number of carbonyl (C=O) groups is 3. The number of ether oxygens (including phenoxy) is 2. The molecular weight excluding hydrogens is 462 g/mol. The Bertz CT molecular complexity index is 1270. The van der Waals surface area contributed by atoms with E-state index in [9.17, 15) is 14.4 Å². The van der Waals surface area contributed by atoms with Gasteiger partial charge in [-0.05, 0) is 59.3 Å². The fourth-order valence-electron chi connectivity index (χ4n) is 3.51. The van der Waals surface area contributed by atoms with Crippen LogP contribution in [0.2, 0.25) is 5.02 Å². The Kier molecular flexibility index (Phi) is 6.72. The molecule has 1 aliphatic heterocycles. The summed E-state index contributed by atoms with van der Waals surface area (Å²) in [5.74, 6) is -0.633. The molecule has 4 rings (SSSR count). The van der Waals surface area contributed by atoms with Gasteiger partial charge >= 0.3 is 5.97 Å². The summed E-state index contributed by atoms with van der Waals surface area (Å²) in [4.78, 5) is 38.5. The van der Waals surface area contributed by atoms with Crippen LogP contribution in [0.25, 0.3) is 16.8 Å². The molecule has 3 aromatic rings. The molecule has 168 valence electrons. The second-order valence-corrected chi connectivity index (χ2v) is 8.79. The van der Waals surface area contributed by atoms with Crippen LogP contribution in [0.3, 0.4) is 0 Å². The van der Waals surface area contributed by atoms with Crippen LogP contribution in [0.5, 0.6) is 5.75 Å². The maximum Gasteiger partial charge on any atom is 0.328 e. The minimum Gasteiger partial charge on any atom is -0.488 e. The first kappa shape index (κ1) is 22.9. The number of halogens is 1. The summed E-state index contributed by atoms with van der Waals surface area (Å²) in [5.41, 5.74) is 1.61. The van der Waals surface area contributed by atoms with Crippen molar-refractivity contribution < 1.29 is 23.9 Å². The van der Waals surface area contributed by atoms with Crippen molar-refractivity contribution in [3.63, 3.8) is 0 Å². The minimum atomic E-state index is -1.01. The Morgan fingerprint density at radius 2 is 1.82 bits per heavy atom. The predicted octanol–water partition coefficient (Wildman–Crippen LogP) is 5.67. The number of esters is 1. The third-order valence-electron chi connectivity index (χ3n) is 5.27. The number of nitrogens with zero attached hydrogens (tertiary/aromatic N) is 1. The second kappa shape index (κ2) is 9.68. The summed E-state index contributed by atoms with van der Waals surface area (Å²) >= 11 is 6.75. The zero-order chi connectivity index (χ0) is 23.5. The van der Waals surface area contributed by atoms with E-state index in [0.717, 1.165) is 33.0 Å². The van der Waals surface area contributed by atoms with E-state index in [1.807, 2.05) is 48.5 Å². The highest BCUT2D eigenvalue weighted by molar-refractivity contribution is 8.18. The van der Waals surface area contributed by atoms with E-state index in [0.29, 0.717) is 22.9 Å². The first-order valence-electron chi connectivity index (χ1n) is 10.1. The Morgan fingerprint density at radius 3 is 2.55 bits per heavy atom. The van der Waals surface area contributed by atoms with Crippen molar-refractivity contribution in [3.05, 3.63) is 81.7 Å². The fourth-order valence-corrected chi connectivity index (χ4v) is 4.53. The number of thioether (sulfide) groups is 1. The van der Waals surface area contributed by atoms with Crippen LogP contribution >= 0.6 is 23.4 Å². The van der Waals surface area contributed by atoms with E-state index in [2.05, 4.69) is 0 Å². The number of rotatable bonds is 6. The molecular formula is C25H20ClNO5S. The zero-order valence-corrected chi connectivity index (χ0v) is 19.5. The molecule has 8 heteroatoms. The third-order valence-corrected chi connectivity index (χ3v) is 6.40. The van der Waals surface area contributed by atoms with E-state index in [1.165, 1.54) is 14.0 Å². The average molecular weight is 482 g/mol. The van der Waals surface area contributed by atoms with E-state index in [4.69, 9.17) is 21.1 Å². The number of amides is 2. The van der Waals surface area contributed by atoms with Crippen LogP contribution in [-0.2, 0) is 20.9 Å². The molecule has 3 aromatic carbocycles. The summed E-state index contributed by atoms with van der Waals surface area (Å²) in [6.45, 7) is 1.76. The monoisotopic (exact) mass is 481 g/mol. The molecule has 2 amide bonds. The molecule has 1 aliphatic rings. The van der Waals surface area contributed by atoms with Crippen LogP contribution in [0, 0.1) is 0 Å². The summed E-state index contributed by atoms with van der Waals surface area (Å²) in [6, 6.07) is 17.8. The number of hydrogen-bond acceptors (Lipinski definition) is 6. The fraction of sp³-hybridized carbons (Fsp3) is 0.160. The average Bonchev–Trinajstić information content (AvgIpc) is 3.11. The highest BCUT2D eigenvalue weighted by Gasteiger charge is 2.41. The lowest BCUT2D eigenvalue weighted by Gasteiger charge is -2.18. The van der Waals surface area contributed by atoms with Crippen LogP contribution in [0.15, 0.2) is 65.6 Å². The molecule has 33 heavy (non-hydrogen) atoms. The number of fused-ring (bicyclic) bond motifs is 1. The first-order valence-corrected chi connectivity index (χ1v) is 11.3. The van der Waals surface area contributed by atoms with Crippen molar-refractivity contribution in [2.45, 2.75) is 19.6 Å². The van der Waals surface area contributed by atoms with Gasteiger partial charge in [0.15, 0.2) is 0 Å². The molecule has 1 atom stereocenters. The molecule has 1 heterocycles. The molecule has 0 saturated carbocycles. The number of benzene rings is 3. The lowest BCUT2D eigenvalue weighted by molar-refractivity contribution is -0.148. The van der Waals surface area contributed by atoms with Crippen LogP contribution < -0.4 is 4.74 Å². The third kappa shape index (κ3) is 4.74. The number of methoxy groups -OCH3 is 1. The van der Waals surface area contributed by atoms with Gasteiger partial charge in [0, 0.05) is 10.6 Å². The van der Waals surface area contributed by atoms with Gasteiger partial charge in [-0.15, -0.1) is 0 Å². The number of imide groups is 1. The lowest BCUT2D eigenvalue weighted by atomic mass is 10.0. The van der Waals surface area contributed by atoms with E-state index in [-0.39, 0.29) is 4.91 Å². The van der Waals surface area contributed by atoms with Crippen molar-refractivity contribution in [2.75, 3.05) is 7.11 Å². The first-order chi connectivity index (χ1) is 15.9. The summed E-state index contributed by atoms with van der Waals surface area (Å²) in [7, 11) is 1.22. The van der Waals surface area contributed by atoms with Gasteiger partial charge in [-0.3, -0.25) is 14.5 Å². The maximum atomic E-state index is 13.0. The van der Waals surface area contributed by atoms with Gasteiger partial charge in [-0.2, -0.15) is 0 Å². The standard InChI is InChI=1S/C25H20ClNO5S/c1-15(24(29)31-2)27-23(28)22(33-25(27)30)13-20-19-6-4-3-5-17(19)9-12-21(20)32-14-16-7-10-18(26)11-8-16/h3-13,15H,14H2,1-2H3/b22-13+/t15-/m0/s1. The molecule has 0 aromatic heterocycles. The Labute approximate surface area is 200 Å². The van der Waals surface area contributed by atoms with Gasteiger partial charge in [-0.25, -0.2) is 4.79 Å². The quantitative estimate of drug-likeness (QED) is 0.333. The lowest BCUT2D eigenvalue weighted by Crippen LogP contribution is -2.42. The van der Waals surface area contributed by atoms with Crippen molar-refractivity contribution in [1.82, 2.24) is 4.90 Å². The molecule has 0 unspecified atom stereocenters. The molecule has 6 nitrogen and oxygen atoms in total. The molecule has 0 spiro atoms. The van der Waals surface area contributed by atoms with Gasteiger partial charge in [0.05, 0.1) is 12.0 Å². The topological polar surface area (TPSA) is 72.9 Å². The van der Waals surface area contributed by atoms with Gasteiger partial charge in [-0.1, -0.05) is 54.1 Å². The molecule has 1 fully saturated rings. The van der Waals surface area contributed by atoms with E-state index >= 15 is 0 Å². The zero-order valence-electron chi connectivity index (χ0n) is 17.9. The Morgan fingerprint density at radius 1 is 1.09 bits per heavy atom. The van der Waals surface area contributed by atoms with Gasteiger partial charge < -0.3 is 9.47 Å². The highest BCUT2D eigenvalue weighted by Crippen LogP contribution is 2.38. The van der Waals surface area contributed by atoms with Crippen molar-refractivity contribution in [1.29, 1.82) is 0 Å².